The highest BCUT2D eigenvalue weighted by Crippen LogP contribution is 2.26. The molecule has 148 valence electrons. The summed E-state index contributed by atoms with van der Waals surface area (Å²) in [6, 6.07) is 14.5. The molecule has 0 fully saturated rings. The van der Waals surface area contributed by atoms with Crippen LogP contribution >= 0.6 is 0 Å². The molecule has 0 spiro atoms. The van der Waals surface area contributed by atoms with Crippen LogP contribution in [0.5, 0.6) is 0 Å². The van der Waals surface area contributed by atoms with Crippen molar-refractivity contribution < 1.29 is 12.9 Å². The van der Waals surface area contributed by atoms with Crippen LogP contribution in [0.15, 0.2) is 57.9 Å². The Kier molecular flexibility index (Phi) is 6.26. The van der Waals surface area contributed by atoms with Gasteiger partial charge in [0.2, 0.25) is 15.8 Å². The van der Waals surface area contributed by atoms with Gasteiger partial charge in [0.25, 0.3) is 5.89 Å². The molecular weight excluding hydrogens is 374 g/mol. The molecule has 0 amide bonds. The third kappa shape index (κ3) is 4.31. The van der Waals surface area contributed by atoms with Crippen LogP contribution in [0.4, 0.5) is 0 Å². The van der Waals surface area contributed by atoms with Crippen molar-refractivity contribution in [1.82, 2.24) is 14.4 Å². The zero-order valence-electron chi connectivity index (χ0n) is 16.4. The first-order chi connectivity index (χ1) is 13.5. The summed E-state index contributed by atoms with van der Waals surface area (Å²) >= 11 is 0. The maximum atomic E-state index is 13.0. The van der Waals surface area contributed by atoms with Gasteiger partial charge in [-0.3, -0.25) is 0 Å². The van der Waals surface area contributed by atoms with E-state index in [1.807, 2.05) is 45.0 Å². The topological polar surface area (TPSA) is 76.3 Å². The van der Waals surface area contributed by atoms with Gasteiger partial charge in [-0.2, -0.15) is 9.29 Å². The maximum Gasteiger partial charge on any atom is 0.258 e. The van der Waals surface area contributed by atoms with Gasteiger partial charge in [-0.25, -0.2) is 8.42 Å². The summed E-state index contributed by atoms with van der Waals surface area (Å²) in [4.78, 5) is 4.67. The first-order valence-corrected chi connectivity index (χ1v) is 10.9. The Labute approximate surface area is 166 Å². The Morgan fingerprint density at radius 3 is 2.29 bits per heavy atom. The predicted octanol–water partition coefficient (Wildman–Crippen LogP) is 4.52. The Morgan fingerprint density at radius 1 is 0.964 bits per heavy atom. The van der Waals surface area contributed by atoms with Gasteiger partial charge in [-0.15, -0.1) is 0 Å². The Morgan fingerprint density at radius 2 is 1.64 bits per heavy atom. The molecule has 0 N–H and O–H groups in total. The van der Waals surface area contributed by atoms with Crippen LogP contribution in [-0.4, -0.2) is 36.0 Å². The highest BCUT2D eigenvalue weighted by molar-refractivity contribution is 7.89. The maximum absolute atomic E-state index is 13.0. The van der Waals surface area contributed by atoms with Gasteiger partial charge in [0, 0.05) is 24.2 Å². The van der Waals surface area contributed by atoms with Crippen LogP contribution in [-0.2, 0) is 10.0 Å². The second-order valence-corrected chi connectivity index (χ2v) is 8.66. The molecule has 3 rings (SSSR count). The molecule has 0 saturated heterocycles. The van der Waals surface area contributed by atoms with Crippen LogP contribution in [0.1, 0.15) is 32.3 Å². The molecule has 0 aliphatic heterocycles. The van der Waals surface area contributed by atoms with Gasteiger partial charge in [0.15, 0.2) is 0 Å². The van der Waals surface area contributed by atoms with E-state index >= 15 is 0 Å². The number of rotatable bonds is 8. The molecule has 0 saturated carbocycles. The number of nitrogens with zero attached hydrogens (tertiary/aromatic N) is 3. The SMILES string of the molecule is CCCN(CCC)S(=O)(=O)c1cccc(-c2nc(-c3ccc(C)cc3)no2)c1. The lowest BCUT2D eigenvalue weighted by molar-refractivity contribution is 0.410. The van der Waals surface area contributed by atoms with E-state index in [9.17, 15) is 8.42 Å². The highest BCUT2D eigenvalue weighted by Gasteiger charge is 2.24. The van der Waals surface area contributed by atoms with E-state index in [-0.39, 0.29) is 4.90 Å². The summed E-state index contributed by atoms with van der Waals surface area (Å²) < 4.78 is 32.9. The van der Waals surface area contributed by atoms with Gasteiger partial charge in [0.1, 0.15) is 0 Å². The molecule has 0 aliphatic rings. The third-order valence-corrected chi connectivity index (χ3v) is 6.30. The van der Waals surface area contributed by atoms with Gasteiger partial charge >= 0.3 is 0 Å². The summed E-state index contributed by atoms with van der Waals surface area (Å²) in [5, 5.41) is 4.03. The third-order valence-electron chi connectivity index (χ3n) is 4.40. The lowest BCUT2D eigenvalue weighted by Crippen LogP contribution is -2.32. The standard InChI is InChI=1S/C21H25N3O3S/c1-4-13-24(14-5-2)28(25,26)19-8-6-7-18(15-19)21-22-20(23-27-21)17-11-9-16(3)10-12-17/h6-12,15H,4-5,13-14H2,1-3H3. The fraction of sp³-hybridized carbons (Fsp3) is 0.333. The van der Waals surface area contributed by atoms with E-state index in [0.717, 1.165) is 24.0 Å². The largest absolute Gasteiger partial charge is 0.334 e. The minimum Gasteiger partial charge on any atom is -0.334 e. The minimum atomic E-state index is -3.56. The Bertz CT molecular complexity index is 1020. The van der Waals surface area contributed by atoms with E-state index in [1.165, 1.54) is 4.31 Å². The monoisotopic (exact) mass is 399 g/mol. The zero-order valence-corrected chi connectivity index (χ0v) is 17.2. The first kappa shape index (κ1) is 20.2. The van der Waals surface area contributed by atoms with Gasteiger partial charge in [-0.1, -0.05) is 54.9 Å². The average Bonchev–Trinajstić information content (AvgIpc) is 3.19. The molecule has 0 bridgehead atoms. The summed E-state index contributed by atoms with van der Waals surface area (Å²) in [6.45, 7) is 6.95. The van der Waals surface area contributed by atoms with Crippen LogP contribution in [0, 0.1) is 6.92 Å². The lowest BCUT2D eigenvalue weighted by atomic mass is 10.1. The van der Waals surface area contributed by atoms with Crippen molar-refractivity contribution in [1.29, 1.82) is 0 Å². The molecule has 3 aromatic rings. The molecule has 2 aromatic carbocycles. The second-order valence-electron chi connectivity index (χ2n) is 6.72. The molecule has 0 aliphatic carbocycles. The van der Waals surface area contributed by atoms with Gasteiger partial charge in [0.05, 0.1) is 4.90 Å². The van der Waals surface area contributed by atoms with Crippen molar-refractivity contribution in [3.05, 3.63) is 54.1 Å². The van der Waals surface area contributed by atoms with E-state index in [0.29, 0.717) is 30.4 Å². The molecule has 1 heterocycles. The molecule has 1 aromatic heterocycles. The van der Waals surface area contributed by atoms with E-state index in [2.05, 4.69) is 10.1 Å². The van der Waals surface area contributed by atoms with E-state index in [4.69, 9.17) is 4.52 Å². The Balaban J connectivity index is 1.92. The summed E-state index contributed by atoms with van der Waals surface area (Å²) in [5.74, 6) is 0.770. The van der Waals surface area contributed by atoms with Crippen LogP contribution < -0.4 is 0 Å². The number of hydrogen-bond acceptors (Lipinski definition) is 5. The molecule has 28 heavy (non-hydrogen) atoms. The summed E-state index contributed by atoms with van der Waals surface area (Å²) in [7, 11) is -3.56. The van der Waals surface area contributed by atoms with Crippen molar-refractivity contribution in [2.75, 3.05) is 13.1 Å². The van der Waals surface area contributed by atoms with Crippen molar-refractivity contribution in [2.24, 2.45) is 0 Å². The van der Waals surface area contributed by atoms with E-state index < -0.39 is 10.0 Å². The molecule has 0 radical (unpaired) electrons. The van der Waals surface area contributed by atoms with Crippen LogP contribution in [0.25, 0.3) is 22.8 Å². The molecule has 7 heteroatoms. The van der Waals surface area contributed by atoms with Gasteiger partial charge < -0.3 is 4.52 Å². The number of sulfonamides is 1. The molecular formula is C21H25N3O3S. The number of hydrogen-bond donors (Lipinski definition) is 0. The lowest BCUT2D eigenvalue weighted by Gasteiger charge is -2.21. The molecule has 0 atom stereocenters. The normalized spacial score (nSPS) is 11.9. The number of aryl methyl sites for hydroxylation is 1. The average molecular weight is 400 g/mol. The van der Waals surface area contributed by atoms with E-state index in [1.54, 1.807) is 24.3 Å². The van der Waals surface area contributed by atoms with Crippen LogP contribution in [0.2, 0.25) is 0 Å². The van der Waals surface area contributed by atoms with Crippen molar-refractivity contribution in [3.8, 4) is 22.8 Å². The van der Waals surface area contributed by atoms with Crippen molar-refractivity contribution in [2.45, 2.75) is 38.5 Å². The zero-order chi connectivity index (χ0) is 20.1. The highest BCUT2D eigenvalue weighted by atomic mass is 32.2. The second kappa shape index (κ2) is 8.67. The smallest absolute Gasteiger partial charge is 0.258 e. The Hall–Kier alpha value is -2.51. The van der Waals surface area contributed by atoms with Crippen molar-refractivity contribution >= 4 is 10.0 Å². The predicted molar refractivity (Wildman–Crippen MR) is 109 cm³/mol. The minimum absolute atomic E-state index is 0.238. The fourth-order valence-corrected chi connectivity index (χ4v) is 4.62. The van der Waals surface area contributed by atoms with Gasteiger partial charge in [-0.05, 0) is 38.0 Å². The van der Waals surface area contributed by atoms with Crippen LogP contribution in [0.3, 0.4) is 0 Å². The number of aromatic nitrogens is 2. The van der Waals surface area contributed by atoms with Crippen molar-refractivity contribution in [3.63, 3.8) is 0 Å². The quantitative estimate of drug-likeness (QED) is 0.556. The summed E-state index contributed by atoms with van der Waals surface area (Å²) in [6.07, 6.45) is 1.53. The first-order valence-electron chi connectivity index (χ1n) is 9.47. The molecule has 0 unspecified atom stereocenters. The fourth-order valence-electron chi connectivity index (χ4n) is 2.95. The summed E-state index contributed by atoms with van der Waals surface area (Å²) in [5.41, 5.74) is 2.58. The molecule has 6 nitrogen and oxygen atoms in total. The number of benzene rings is 2.